The van der Waals surface area contributed by atoms with E-state index in [1.807, 2.05) is 47.0 Å². The second kappa shape index (κ2) is 8.15. The number of benzene rings is 2. The highest BCUT2D eigenvalue weighted by Gasteiger charge is 2.51. The maximum atomic E-state index is 13.3. The molecule has 0 spiro atoms. The number of fused-ring (bicyclic) bond motifs is 3. The number of nitrogens with one attached hydrogen (secondary N) is 1. The van der Waals surface area contributed by atoms with Gasteiger partial charge in [0.25, 0.3) is 0 Å². The lowest BCUT2D eigenvalue weighted by Crippen LogP contribution is -2.39. The van der Waals surface area contributed by atoms with Gasteiger partial charge in [0.15, 0.2) is 0 Å². The summed E-state index contributed by atoms with van der Waals surface area (Å²) >= 11 is 0. The van der Waals surface area contributed by atoms with Crippen molar-refractivity contribution in [3.05, 3.63) is 78.8 Å². The van der Waals surface area contributed by atoms with E-state index in [1.54, 1.807) is 0 Å². The Hall–Kier alpha value is -2.90. The van der Waals surface area contributed by atoms with Gasteiger partial charge in [-0.3, -0.25) is 5.10 Å². The molecule has 170 valence electrons. The molecule has 0 amide bonds. The summed E-state index contributed by atoms with van der Waals surface area (Å²) in [6, 6.07) is 18.8. The van der Waals surface area contributed by atoms with Crippen molar-refractivity contribution >= 4 is 20.9 Å². The highest BCUT2D eigenvalue weighted by atomic mass is 32.2. The molecule has 0 aliphatic carbocycles. The first-order valence-corrected chi connectivity index (χ1v) is 13.3. The predicted molar refractivity (Wildman–Crippen MR) is 130 cm³/mol. The Morgan fingerprint density at radius 1 is 1.03 bits per heavy atom. The van der Waals surface area contributed by atoms with Crippen LogP contribution < -0.4 is 0 Å². The van der Waals surface area contributed by atoms with Gasteiger partial charge in [-0.2, -0.15) is 9.40 Å². The fraction of sp³-hybridized carbons (Fsp3) is 0.346. The summed E-state index contributed by atoms with van der Waals surface area (Å²) in [7, 11) is -3.26. The second-order valence-electron chi connectivity index (χ2n) is 9.40. The van der Waals surface area contributed by atoms with E-state index in [-0.39, 0.29) is 17.8 Å². The van der Waals surface area contributed by atoms with Crippen molar-refractivity contribution in [3.8, 4) is 11.1 Å². The zero-order valence-electron chi connectivity index (χ0n) is 18.5. The summed E-state index contributed by atoms with van der Waals surface area (Å²) in [6.45, 7) is 0.862. The van der Waals surface area contributed by atoms with E-state index in [0.29, 0.717) is 12.3 Å². The Morgan fingerprint density at radius 2 is 1.91 bits per heavy atom. The minimum absolute atomic E-state index is 0.124. The molecule has 2 aliphatic rings. The molecule has 4 aromatic rings. The van der Waals surface area contributed by atoms with Gasteiger partial charge in [0, 0.05) is 47.5 Å². The van der Waals surface area contributed by atoms with Crippen molar-refractivity contribution in [2.45, 2.75) is 44.3 Å². The number of nitrogens with zero attached hydrogens (tertiary/aromatic N) is 3. The maximum absolute atomic E-state index is 13.3. The molecule has 2 aromatic heterocycles. The Balaban J connectivity index is 1.19. The van der Waals surface area contributed by atoms with Gasteiger partial charge in [-0.05, 0) is 60.9 Å². The van der Waals surface area contributed by atoms with Crippen LogP contribution in [0.5, 0.6) is 0 Å². The van der Waals surface area contributed by atoms with Crippen molar-refractivity contribution in [1.82, 2.24) is 19.1 Å². The first-order valence-electron chi connectivity index (χ1n) is 11.7. The molecule has 1 N–H and O–H groups in total. The lowest BCUT2D eigenvalue weighted by molar-refractivity contribution is 0.329. The number of hydrogen-bond donors (Lipinski definition) is 1. The summed E-state index contributed by atoms with van der Waals surface area (Å²) in [4.78, 5) is 0. The molecule has 2 aliphatic heterocycles. The third-order valence-corrected chi connectivity index (χ3v) is 9.38. The van der Waals surface area contributed by atoms with Gasteiger partial charge in [0.2, 0.25) is 10.0 Å². The van der Waals surface area contributed by atoms with Crippen LogP contribution in [0.25, 0.3) is 22.0 Å². The van der Waals surface area contributed by atoms with Crippen molar-refractivity contribution in [2.24, 2.45) is 5.92 Å². The van der Waals surface area contributed by atoms with E-state index in [0.717, 1.165) is 42.5 Å². The first kappa shape index (κ1) is 20.7. The molecule has 6 rings (SSSR count). The molecule has 3 atom stereocenters. The van der Waals surface area contributed by atoms with Gasteiger partial charge in [0.05, 0.1) is 11.9 Å². The van der Waals surface area contributed by atoms with E-state index in [2.05, 4.69) is 45.2 Å². The number of aromatic nitrogens is 3. The topological polar surface area (TPSA) is 71.0 Å². The van der Waals surface area contributed by atoms with Gasteiger partial charge < -0.3 is 4.57 Å². The third kappa shape index (κ3) is 3.79. The SMILES string of the molecule is O=S(=O)(CCc1ccccc1)N1C2CCC1C(Cn1ccc3cc(-c4cn[nH]c4)ccc31)C2. The van der Waals surface area contributed by atoms with Gasteiger partial charge in [-0.25, -0.2) is 8.42 Å². The van der Waals surface area contributed by atoms with Crippen LogP contribution in [-0.2, 0) is 23.0 Å². The average Bonchev–Trinajstić information content (AvgIpc) is 3.62. The fourth-order valence-corrected chi connectivity index (χ4v) is 7.93. The minimum atomic E-state index is -3.26. The highest BCUT2D eigenvalue weighted by molar-refractivity contribution is 7.89. The van der Waals surface area contributed by atoms with E-state index < -0.39 is 10.0 Å². The zero-order valence-corrected chi connectivity index (χ0v) is 19.3. The smallest absolute Gasteiger partial charge is 0.214 e. The van der Waals surface area contributed by atoms with Gasteiger partial charge >= 0.3 is 0 Å². The van der Waals surface area contributed by atoms with Crippen LogP contribution in [0.1, 0.15) is 24.8 Å². The molecule has 0 saturated carbocycles. The highest BCUT2D eigenvalue weighted by Crippen LogP contribution is 2.44. The third-order valence-electron chi connectivity index (χ3n) is 7.45. The molecule has 2 bridgehead atoms. The Labute approximate surface area is 194 Å². The summed E-state index contributed by atoms with van der Waals surface area (Å²) in [6.07, 6.45) is 9.38. The molecule has 6 nitrogen and oxygen atoms in total. The van der Waals surface area contributed by atoms with Gasteiger partial charge in [0.1, 0.15) is 0 Å². The molecular formula is C26H28N4O2S. The van der Waals surface area contributed by atoms with Crippen molar-refractivity contribution in [1.29, 1.82) is 0 Å². The number of rotatable bonds is 7. The Bertz CT molecular complexity index is 1360. The van der Waals surface area contributed by atoms with Crippen molar-refractivity contribution < 1.29 is 8.42 Å². The van der Waals surface area contributed by atoms with Crippen LogP contribution >= 0.6 is 0 Å². The van der Waals surface area contributed by atoms with Crippen LogP contribution in [-0.4, -0.2) is 45.3 Å². The predicted octanol–water partition coefficient (Wildman–Crippen LogP) is 4.46. The molecule has 2 aromatic carbocycles. The largest absolute Gasteiger partial charge is 0.347 e. The Morgan fingerprint density at radius 3 is 2.73 bits per heavy atom. The van der Waals surface area contributed by atoms with Crippen molar-refractivity contribution in [2.75, 3.05) is 5.75 Å². The monoisotopic (exact) mass is 460 g/mol. The Kier molecular flexibility index (Phi) is 5.11. The number of aromatic amines is 1. The average molecular weight is 461 g/mol. The summed E-state index contributed by atoms with van der Waals surface area (Å²) in [5.74, 6) is 0.555. The van der Waals surface area contributed by atoms with Crippen molar-refractivity contribution in [3.63, 3.8) is 0 Å². The summed E-state index contributed by atoms with van der Waals surface area (Å²) < 4.78 is 30.8. The van der Waals surface area contributed by atoms with E-state index in [1.165, 1.54) is 10.9 Å². The molecule has 3 unspecified atom stereocenters. The number of aryl methyl sites for hydroxylation is 1. The van der Waals surface area contributed by atoms with Gasteiger partial charge in [-0.15, -0.1) is 0 Å². The fourth-order valence-electron chi connectivity index (χ4n) is 5.89. The lowest BCUT2D eigenvalue weighted by atomic mass is 9.89. The van der Waals surface area contributed by atoms with Crippen LogP contribution in [0.3, 0.4) is 0 Å². The second-order valence-corrected chi connectivity index (χ2v) is 11.4. The number of H-pyrrole nitrogens is 1. The zero-order chi connectivity index (χ0) is 22.4. The summed E-state index contributed by atoms with van der Waals surface area (Å²) in [5.41, 5.74) is 4.50. The van der Waals surface area contributed by atoms with E-state index in [4.69, 9.17) is 0 Å². The number of hydrogen-bond acceptors (Lipinski definition) is 3. The molecule has 2 saturated heterocycles. The minimum Gasteiger partial charge on any atom is -0.347 e. The maximum Gasteiger partial charge on any atom is 0.214 e. The molecule has 2 fully saturated rings. The number of sulfonamides is 1. The van der Waals surface area contributed by atoms with Crippen LogP contribution in [0.4, 0.5) is 0 Å². The molecule has 7 heteroatoms. The molecule has 33 heavy (non-hydrogen) atoms. The standard InChI is InChI=1S/C26H28N4O2S/c31-33(32,13-11-19-4-2-1-3-5-19)30-24-7-9-26(30)22(15-24)18-29-12-10-21-14-20(6-8-25(21)29)23-16-27-28-17-23/h1-6,8,10,12,14,16-17,22,24,26H,7,9,11,13,15,18H2,(H,27,28). The molecule has 0 radical (unpaired) electrons. The van der Waals surface area contributed by atoms with Gasteiger partial charge in [-0.1, -0.05) is 36.4 Å². The quantitative estimate of drug-likeness (QED) is 0.443. The normalized spacial score (nSPS) is 23.0. The van der Waals surface area contributed by atoms with Crippen LogP contribution in [0, 0.1) is 5.92 Å². The summed E-state index contributed by atoms with van der Waals surface area (Å²) in [5, 5.41) is 8.12. The molecular weight excluding hydrogens is 432 g/mol. The molecule has 4 heterocycles. The first-order chi connectivity index (χ1) is 16.1. The van der Waals surface area contributed by atoms with Crippen LogP contribution in [0.2, 0.25) is 0 Å². The van der Waals surface area contributed by atoms with Crippen LogP contribution in [0.15, 0.2) is 73.2 Å². The van der Waals surface area contributed by atoms with E-state index in [9.17, 15) is 8.42 Å². The van der Waals surface area contributed by atoms with E-state index >= 15 is 0 Å². The lowest BCUT2D eigenvalue weighted by Gasteiger charge is -2.24.